The zero-order chi connectivity index (χ0) is 17.1. The maximum absolute atomic E-state index is 12.4. The normalized spacial score (nSPS) is 15.2. The van der Waals surface area contributed by atoms with Crippen LogP contribution in [0.25, 0.3) is 0 Å². The highest BCUT2D eigenvalue weighted by Crippen LogP contribution is 2.30. The summed E-state index contributed by atoms with van der Waals surface area (Å²) in [6.45, 7) is 1.41. The molecule has 24 heavy (non-hydrogen) atoms. The van der Waals surface area contributed by atoms with Crippen LogP contribution in [0.5, 0.6) is 11.5 Å². The van der Waals surface area contributed by atoms with E-state index in [0.29, 0.717) is 23.5 Å². The van der Waals surface area contributed by atoms with Crippen molar-refractivity contribution in [2.45, 2.75) is 19.4 Å². The van der Waals surface area contributed by atoms with Gasteiger partial charge in [0, 0.05) is 19.0 Å². The zero-order valence-electron chi connectivity index (χ0n) is 13.5. The van der Waals surface area contributed by atoms with E-state index in [1.807, 2.05) is 24.3 Å². The first-order valence-corrected chi connectivity index (χ1v) is 7.58. The number of carbonyl (C=O) groups is 2. The Morgan fingerprint density at radius 3 is 2.67 bits per heavy atom. The topological polar surface area (TPSA) is 76.7 Å². The van der Waals surface area contributed by atoms with Crippen molar-refractivity contribution in [3.05, 3.63) is 48.0 Å². The molecule has 0 saturated carbocycles. The molecule has 0 aliphatic carbocycles. The van der Waals surface area contributed by atoms with E-state index >= 15 is 0 Å². The Kier molecular flexibility index (Phi) is 4.37. The van der Waals surface area contributed by atoms with Crippen molar-refractivity contribution in [3.8, 4) is 11.5 Å². The number of carbonyl (C=O) groups excluding carboxylic acids is 2. The highest BCUT2D eigenvalue weighted by atomic mass is 16.5. The molecular weight excluding hydrogens is 308 g/mol. The molecule has 6 nitrogen and oxygen atoms in total. The third kappa shape index (κ3) is 3.32. The van der Waals surface area contributed by atoms with Gasteiger partial charge in [0.1, 0.15) is 11.5 Å². The molecule has 2 aromatic rings. The average molecular weight is 326 g/mol. The van der Waals surface area contributed by atoms with E-state index in [1.165, 1.54) is 14.0 Å². The van der Waals surface area contributed by atoms with E-state index in [4.69, 9.17) is 9.47 Å². The number of amides is 2. The smallest absolute Gasteiger partial charge is 0.265 e. The fourth-order valence-corrected chi connectivity index (χ4v) is 2.62. The molecule has 0 spiro atoms. The van der Waals surface area contributed by atoms with Crippen molar-refractivity contribution < 1.29 is 19.1 Å². The van der Waals surface area contributed by atoms with Crippen LogP contribution < -0.4 is 20.1 Å². The Labute approximate surface area is 139 Å². The number of benzene rings is 2. The van der Waals surface area contributed by atoms with Crippen molar-refractivity contribution in [3.63, 3.8) is 0 Å². The number of rotatable bonds is 4. The number of hydrogen-bond donors (Lipinski definition) is 2. The van der Waals surface area contributed by atoms with Crippen LogP contribution in [0, 0.1) is 0 Å². The van der Waals surface area contributed by atoms with Crippen molar-refractivity contribution >= 4 is 23.2 Å². The van der Waals surface area contributed by atoms with Gasteiger partial charge in [0.25, 0.3) is 5.91 Å². The molecule has 1 aliphatic heterocycles. The molecule has 1 unspecified atom stereocenters. The highest BCUT2D eigenvalue weighted by molar-refractivity contribution is 5.97. The second kappa shape index (κ2) is 6.62. The lowest BCUT2D eigenvalue weighted by molar-refractivity contribution is -0.122. The first-order chi connectivity index (χ1) is 11.6. The van der Waals surface area contributed by atoms with Crippen LogP contribution in [0.15, 0.2) is 42.5 Å². The molecule has 2 amide bonds. The molecule has 0 bridgehead atoms. The predicted molar refractivity (Wildman–Crippen MR) is 90.5 cm³/mol. The molecule has 0 saturated heterocycles. The van der Waals surface area contributed by atoms with Gasteiger partial charge in [-0.2, -0.15) is 0 Å². The summed E-state index contributed by atoms with van der Waals surface area (Å²) >= 11 is 0. The molecule has 2 N–H and O–H groups in total. The van der Waals surface area contributed by atoms with Crippen molar-refractivity contribution in [2.75, 3.05) is 17.7 Å². The van der Waals surface area contributed by atoms with Crippen LogP contribution in [-0.2, 0) is 16.0 Å². The molecule has 1 atom stereocenters. The quantitative estimate of drug-likeness (QED) is 0.905. The van der Waals surface area contributed by atoms with Gasteiger partial charge in [-0.25, -0.2) is 0 Å². The van der Waals surface area contributed by atoms with Crippen LogP contribution in [0.1, 0.15) is 12.5 Å². The Morgan fingerprint density at radius 2 is 1.96 bits per heavy atom. The Balaban J connectivity index is 1.72. The molecule has 6 heteroatoms. The van der Waals surface area contributed by atoms with Crippen LogP contribution in [0.4, 0.5) is 11.4 Å². The molecule has 0 aromatic heterocycles. The number of fused-ring (bicyclic) bond motifs is 1. The van der Waals surface area contributed by atoms with Gasteiger partial charge in [0.15, 0.2) is 6.10 Å². The lowest BCUT2D eigenvalue weighted by Crippen LogP contribution is -2.31. The second-order valence-electron chi connectivity index (χ2n) is 5.50. The van der Waals surface area contributed by atoms with E-state index in [0.717, 1.165) is 11.3 Å². The van der Waals surface area contributed by atoms with Gasteiger partial charge in [-0.05, 0) is 29.8 Å². The van der Waals surface area contributed by atoms with Gasteiger partial charge in [-0.1, -0.05) is 18.2 Å². The summed E-state index contributed by atoms with van der Waals surface area (Å²) < 4.78 is 10.9. The maximum Gasteiger partial charge on any atom is 0.265 e. The molecule has 0 fully saturated rings. The Bertz CT molecular complexity index is 763. The lowest BCUT2D eigenvalue weighted by atomic mass is 10.1. The molecule has 124 valence electrons. The fraction of sp³-hybridized carbons (Fsp3) is 0.222. The first kappa shape index (κ1) is 15.9. The summed E-state index contributed by atoms with van der Waals surface area (Å²) in [5.41, 5.74) is 2.08. The third-order valence-corrected chi connectivity index (χ3v) is 3.72. The standard InChI is InChI=1S/C18H18N2O4/c1-11(21)19-14-10-13(7-8-16(14)23-2)20-18(22)17-9-12-5-3-4-6-15(12)24-17/h3-8,10,17H,9H2,1-2H3,(H,19,21)(H,20,22). The summed E-state index contributed by atoms with van der Waals surface area (Å²) in [4.78, 5) is 23.7. The van der Waals surface area contributed by atoms with Crippen LogP contribution >= 0.6 is 0 Å². The Morgan fingerprint density at radius 1 is 1.17 bits per heavy atom. The van der Waals surface area contributed by atoms with Gasteiger partial charge in [0.05, 0.1) is 12.8 Å². The summed E-state index contributed by atoms with van der Waals surface area (Å²) in [5, 5.41) is 5.49. The minimum absolute atomic E-state index is 0.216. The summed E-state index contributed by atoms with van der Waals surface area (Å²) in [5.74, 6) is 0.815. The molecule has 3 rings (SSSR count). The van der Waals surface area contributed by atoms with E-state index < -0.39 is 6.10 Å². The zero-order valence-corrected chi connectivity index (χ0v) is 13.5. The minimum Gasteiger partial charge on any atom is -0.495 e. The molecule has 1 heterocycles. The number of anilines is 2. The van der Waals surface area contributed by atoms with Gasteiger partial charge in [0.2, 0.25) is 5.91 Å². The first-order valence-electron chi connectivity index (χ1n) is 7.58. The number of hydrogen-bond acceptors (Lipinski definition) is 4. The van der Waals surface area contributed by atoms with Gasteiger partial charge in [-0.3, -0.25) is 9.59 Å². The molecule has 1 aliphatic rings. The average Bonchev–Trinajstić information content (AvgIpc) is 2.99. The summed E-state index contributed by atoms with van der Waals surface area (Å²) in [7, 11) is 1.52. The molecular formula is C18H18N2O4. The van der Waals surface area contributed by atoms with Crippen molar-refractivity contribution in [1.82, 2.24) is 0 Å². The summed E-state index contributed by atoms with van der Waals surface area (Å²) in [6, 6.07) is 12.7. The fourth-order valence-electron chi connectivity index (χ4n) is 2.62. The van der Waals surface area contributed by atoms with E-state index in [9.17, 15) is 9.59 Å². The van der Waals surface area contributed by atoms with Crippen molar-refractivity contribution in [1.29, 1.82) is 0 Å². The summed E-state index contributed by atoms with van der Waals surface area (Å²) in [6.07, 6.45) is -0.0230. The largest absolute Gasteiger partial charge is 0.495 e. The SMILES string of the molecule is COc1ccc(NC(=O)C2Cc3ccccc3O2)cc1NC(C)=O. The third-order valence-electron chi connectivity index (χ3n) is 3.72. The molecule has 0 radical (unpaired) electrons. The highest BCUT2D eigenvalue weighted by Gasteiger charge is 2.28. The predicted octanol–water partition coefficient (Wildman–Crippen LogP) is 2.60. The Hall–Kier alpha value is -3.02. The van der Waals surface area contributed by atoms with E-state index in [2.05, 4.69) is 10.6 Å². The van der Waals surface area contributed by atoms with Crippen LogP contribution in [-0.4, -0.2) is 25.0 Å². The number of ether oxygens (including phenoxy) is 2. The van der Waals surface area contributed by atoms with Crippen molar-refractivity contribution in [2.24, 2.45) is 0 Å². The number of nitrogens with one attached hydrogen (secondary N) is 2. The second-order valence-corrected chi connectivity index (χ2v) is 5.50. The maximum atomic E-state index is 12.4. The lowest BCUT2D eigenvalue weighted by Gasteiger charge is -2.14. The van der Waals surface area contributed by atoms with Gasteiger partial charge >= 0.3 is 0 Å². The molecule has 2 aromatic carbocycles. The van der Waals surface area contributed by atoms with Crippen LogP contribution in [0.2, 0.25) is 0 Å². The van der Waals surface area contributed by atoms with Crippen LogP contribution in [0.3, 0.4) is 0 Å². The monoisotopic (exact) mass is 326 g/mol. The number of para-hydroxylation sites is 1. The minimum atomic E-state index is -0.561. The van der Waals surface area contributed by atoms with Gasteiger partial charge < -0.3 is 20.1 Å². The van der Waals surface area contributed by atoms with Gasteiger partial charge in [-0.15, -0.1) is 0 Å². The van der Waals surface area contributed by atoms with E-state index in [1.54, 1.807) is 18.2 Å². The number of methoxy groups -OCH3 is 1. The van der Waals surface area contributed by atoms with E-state index in [-0.39, 0.29) is 11.8 Å².